The van der Waals surface area contributed by atoms with Gasteiger partial charge in [0.1, 0.15) is 10.6 Å². The van der Waals surface area contributed by atoms with Crippen LogP contribution in [0.5, 0.6) is 11.5 Å². The third-order valence-electron chi connectivity index (χ3n) is 4.37. The lowest BCUT2D eigenvalue weighted by atomic mass is 9.88. The van der Waals surface area contributed by atoms with Crippen LogP contribution in [0.2, 0.25) is 0 Å². The molecule has 0 saturated heterocycles. The van der Waals surface area contributed by atoms with Gasteiger partial charge in [0.15, 0.2) is 17.3 Å². The molecule has 0 amide bonds. The number of nitrogens with one attached hydrogen (secondary N) is 1. The van der Waals surface area contributed by atoms with Gasteiger partial charge < -0.3 is 14.0 Å². The highest BCUT2D eigenvalue weighted by Gasteiger charge is 2.26. The SMILES string of the molecule is COc1ccc(C(CNS(=O)(=O)c2c(C)noc2C)C(C)C)cc1OC. The highest BCUT2D eigenvalue weighted by atomic mass is 32.2. The van der Waals surface area contributed by atoms with E-state index in [0.717, 1.165) is 5.56 Å². The Bertz CT molecular complexity index is 839. The predicted molar refractivity (Wildman–Crippen MR) is 98.3 cm³/mol. The van der Waals surface area contributed by atoms with E-state index in [1.165, 1.54) is 0 Å². The number of hydrogen-bond donors (Lipinski definition) is 1. The molecule has 0 aliphatic heterocycles. The van der Waals surface area contributed by atoms with Crippen LogP contribution < -0.4 is 14.2 Å². The van der Waals surface area contributed by atoms with Crippen LogP contribution in [0.1, 0.15) is 36.8 Å². The lowest BCUT2D eigenvalue weighted by Crippen LogP contribution is -2.31. The van der Waals surface area contributed by atoms with Crippen LogP contribution in [0.3, 0.4) is 0 Å². The molecule has 0 radical (unpaired) electrons. The number of sulfonamides is 1. The Morgan fingerprint density at radius 3 is 2.31 bits per heavy atom. The minimum absolute atomic E-state index is 0.0370. The van der Waals surface area contributed by atoms with Crippen molar-refractivity contribution in [3.63, 3.8) is 0 Å². The zero-order valence-electron chi connectivity index (χ0n) is 16.0. The number of hydrogen-bond acceptors (Lipinski definition) is 6. The first-order chi connectivity index (χ1) is 12.2. The molecule has 0 bridgehead atoms. The third kappa shape index (κ3) is 4.19. The van der Waals surface area contributed by atoms with E-state index in [1.807, 2.05) is 32.0 Å². The van der Waals surface area contributed by atoms with Gasteiger partial charge in [0.05, 0.1) is 14.2 Å². The van der Waals surface area contributed by atoms with E-state index in [-0.39, 0.29) is 29.0 Å². The first-order valence-electron chi connectivity index (χ1n) is 8.35. The van der Waals surface area contributed by atoms with Crippen molar-refractivity contribution in [2.75, 3.05) is 20.8 Å². The maximum atomic E-state index is 12.7. The van der Waals surface area contributed by atoms with Crippen molar-refractivity contribution in [1.29, 1.82) is 0 Å². The summed E-state index contributed by atoms with van der Waals surface area (Å²) in [5, 5.41) is 3.72. The number of rotatable bonds is 8. The lowest BCUT2D eigenvalue weighted by Gasteiger charge is -2.23. The second-order valence-electron chi connectivity index (χ2n) is 6.47. The number of aromatic nitrogens is 1. The molecule has 8 heteroatoms. The largest absolute Gasteiger partial charge is 0.493 e. The van der Waals surface area contributed by atoms with E-state index in [9.17, 15) is 8.42 Å². The molecule has 1 aromatic carbocycles. The van der Waals surface area contributed by atoms with Crippen LogP contribution in [0.25, 0.3) is 0 Å². The summed E-state index contributed by atoms with van der Waals surface area (Å²) in [4.78, 5) is 0.104. The molecule has 0 aliphatic carbocycles. The summed E-state index contributed by atoms with van der Waals surface area (Å²) in [6.45, 7) is 7.54. The van der Waals surface area contributed by atoms with Gasteiger partial charge in [-0.2, -0.15) is 0 Å². The lowest BCUT2D eigenvalue weighted by molar-refractivity contribution is 0.353. The minimum atomic E-state index is -3.71. The summed E-state index contributed by atoms with van der Waals surface area (Å²) in [7, 11) is -0.551. The van der Waals surface area contributed by atoms with Crippen LogP contribution in [-0.4, -0.2) is 34.3 Å². The molecule has 144 valence electrons. The first kappa shape index (κ1) is 20.3. The number of methoxy groups -OCH3 is 2. The Hall–Kier alpha value is -2.06. The topological polar surface area (TPSA) is 90.7 Å². The van der Waals surface area contributed by atoms with Gasteiger partial charge in [-0.15, -0.1) is 0 Å². The summed E-state index contributed by atoms with van der Waals surface area (Å²) in [6, 6.07) is 5.64. The molecular weight excluding hydrogens is 356 g/mol. The monoisotopic (exact) mass is 382 g/mol. The van der Waals surface area contributed by atoms with Gasteiger partial charge in [0.25, 0.3) is 0 Å². The van der Waals surface area contributed by atoms with E-state index < -0.39 is 10.0 Å². The second-order valence-corrected chi connectivity index (χ2v) is 8.17. The van der Waals surface area contributed by atoms with Gasteiger partial charge in [0.2, 0.25) is 10.0 Å². The highest BCUT2D eigenvalue weighted by Crippen LogP contribution is 2.33. The first-order valence-corrected chi connectivity index (χ1v) is 9.84. The number of nitrogens with zero attached hydrogens (tertiary/aromatic N) is 1. The van der Waals surface area contributed by atoms with Gasteiger partial charge in [-0.05, 0) is 43.4 Å². The average molecular weight is 382 g/mol. The van der Waals surface area contributed by atoms with Crippen LogP contribution in [0.4, 0.5) is 0 Å². The third-order valence-corrected chi connectivity index (χ3v) is 6.04. The van der Waals surface area contributed by atoms with Crippen molar-refractivity contribution in [3.05, 3.63) is 35.2 Å². The fraction of sp³-hybridized carbons (Fsp3) is 0.500. The standard InChI is InChI=1S/C18H26N2O5S/c1-11(2)15(14-7-8-16(23-5)17(9-14)24-6)10-19-26(21,22)18-12(3)20-25-13(18)4/h7-9,11,15,19H,10H2,1-6H3. The van der Waals surface area contributed by atoms with Gasteiger partial charge in [0, 0.05) is 6.54 Å². The molecule has 1 unspecified atom stereocenters. The maximum Gasteiger partial charge on any atom is 0.245 e. The zero-order chi connectivity index (χ0) is 19.5. The van der Waals surface area contributed by atoms with Gasteiger partial charge >= 0.3 is 0 Å². The summed E-state index contributed by atoms with van der Waals surface area (Å²) < 4.78 is 43.6. The number of benzene rings is 1. The zero-order valence-corrected chi connectivity index (χ0v) is 16.8. The van der Waals surface area contributed by atoms with Crippen molar-refractivity contribution in [1.82, 2.24) is 9.88 Å². The molecule has 1 N–H and O–H groups in total. The van der Waals surface area contributed by atoms with E-state index in [4.69, 9.17) is 14.0 Å². The molecular formula is C18H26N2O5S. The van der Waals surface area contributed by atoms with Crippen molar-refractivity contribution >= 4 is 10.0 Å². The Morgan fingerprint density at radius 2 is 1.81 bits per heavy atom. The van der Waals surface area contributed by atoms with Gasteiger partial charge in [-0.25, -0.2) is 13.1 Å². The summed E-state index contributed by atoms with van der Waals surface area (Å²) in [5.41, 5.74) is 1.32. The summed E-state index contributed by atoms with van der Waals surface area (Å²) in [5.74, 6) is 1.70. The van der Waals surface area contributed by atoms with Gasteiger partial charge in [-0.3, -0.25) is 0 Å². The molecule has 2 rings (SSSR count). The Labute approximate surface area is 154 Å². The summed E-state index contributed by atoms with van der Waals surface area (Å²) >= 11 is 0. The summed E-state index contributed by atoms with van der Waals surface area (Å²) in [6.07, 6.45) is 0. The van der Waals surface area contributed by atoms with Crippen molar-refractivity contribution in [2.24, 2.45) is 5.92 Å². The van der Waals surface area contributed by atoms with Crippen LogP contribution >= 0.6 is 0 Å². The Balaban J connectivity index is 2.27. The van der Waals surface area contributed by atoms with Crippen molar-refractivity contribution in [2.45, 2.75) is 38.5 Å². The molecule has 26 heavy (non-hydrogen) atoms. The molecule has 1 heterocycles. The molecule has 0 aliphatic rings. The van der Waals surface area contributed by atoms with Gasteiger partial charge in [-0.1, -0.05) is 25.1 Å². The van der Waals surface area contributed by atoms with Crippen LogP contribution in [-0.2, 0) is 10.0 Å². The number of aryl methyl sites for hydroxylation is 2. The average Bonchev–Trinajstić information content (AvgIpc) is 2.93. The number of ether oxygens (including phenoxy) is 2. The fourth-order valence-corrected chi connectivity index (χ4v) is 4.34. The fourth-order valence-electron chi connectivity index (χ4n) is 2.95. The second kappa shape index (κ2) is 8.09. The Kier molecular flexibility index (Phi) is 6.30. The van der Waals surface area contributed by atoms with E-state index in [1.54, 1.807) is 28.1 Å². The van der Waals surface area contributed by atoms with Crippen molar-refractivity contribution < 1.29 is 22.4 Å². The molecule has 1 aromatic heterocycles. The van der Waals surface area contributed by atoms with E-state index in [0.29, 0.717) is 17.2 Å². The highest BCUT2D eigenvalue weighted by molar-refractivity contribution is 7.89. The molecule has 7 nitrogen and oxygen atoms in total. The quantitative estimate of drug-likeness (QED) is 0.755. The van der Waals surface area contributed by atoms with E-state index in [2.05, 4.69) is 9.88 Å². The van der Waals surface area contributed by atoms with Crippen LogP contribution in [0.15, 0.2) is 27.6 Å². The van der Waals surface area contributed by atoms with Crippen LogP contribution in [0, 0.1) is 19.8 Å². The normalized spacial score (nSPS) is 13.0. The predicted octanol–water partition coefficient (Wildman–Crippen LogP) is 3.03. The Morgan fingerprint density at radius 1 is 1.15 bits per heavy atom. The maximum absolute atomic E-state index is 12.7. The molecule has 0 fully saturated rings. The molecule has 0 spiro atoms. The molecule has 0 saturated carbocycles. The molecule has 1 atom stereocenters. The molecule has 2 aromatic rings. The smallest absolute Gasteiger partial charge is 0.245 e. The van der Waals surface area contributed by atoms with E-state index >= 15 is 0 Å². The van der Waals surface area contributed by atoms with Crippen molar-refractivity contribution in [3.8, 4) is 11.5 Å². The minimum Gasteiger partial charge on any atom is -0.493 e.